The Hall–Kier alpha value is -2.55. The quantitative estimate of drug-likeness (QED) is 0.745. The lowest BCUT2D eigenvalue weighted by atomic mass is 10.1. The number of carbonyl (C=O) groups excluding carboxylic acids is 1. The molecule has 0 aliphatic heterocycles. The Bertz CT molecular complexity index is 904. The molecule has 2 heterocycles. The van der Waals surface area contributed by atoms with Crippen molar-refractivity contribution in [2.24, 2.45) is 0 Å². The number of aromatic nitrogens is 2. The average molecular weight is 331 g/mol. The van der Waals surface area contributed by atoms with E-state index in [0.717, 1.165) is 0 Å². The molecule has 22 heavy (non-hydrogen) atoms. The van der Waals surface area contributed by atoms with Gasteiger partial charge in [-0.25, -0.2) is 4.98 Å². The summed E-state index contributed by atoms with van der Waals surface area (Å²) in [5.74, 6) is -0.361. The second kappa shape index (κ2) is 5.68. The van der Waals surface area contributed by atoms with E-state index in [2.05, 4.69) is 15.3 Å². The van der Waals surface area contributed by atoms with E-state index >= 15 is 0 Å². The van der Waals surface area contributed by atoms with Gasteiger partial charge in [-0.05, 0) is 24.3 Å². The van der Waals surface area contributed by atoms with E-state index in [1.165, 1.54) is 18.3 Å². The number of amides is 1. The van der Waals surface area contributed by atoms with E-state index in [1.54, 1.807) is 18.3 Å². The molecule has 0 unspecified atom stereocenters. The zero-order valence-corrected chi connectivity index (χ0v) is 12.5. The first-order valence-electron chi connectivity index (χ1n) is 6.22. The van der Waals surface area contributed by atoms with Gasteiger partial charge in [-0.15, -0.1) is 0 Å². The van der Waals surface area contributed by atoms with Crippen molar-refractivity contribution in [3.63, 3.8) is 0 Å². The van der Waals surface area contributed by atoms with Crippen LogP contribution in [0.2, 0.25) is 10.0 Å². The highest BCUT2D eigenvalue weighted by molar-refractivity contribution is 6.40. The third-order valence-corrected chi connectivity index (χ3v) is 3.71. The number of pyridine rings is 1. The fourth-order valence-corrected chi connectivity index (χ4v) is 2.68. The molecule has 3 aromatic rings. The summed E-state index contributed by atoms with van der Waals surface area (Å²) in [6.45, 7) is 0. The molecule has 0 bridgehead atoms. The number of nitrogens with one attached hydrogen (secondary N) is 2. The number of rotatable bonds is 2. The predicted octanol–water partition coefficient (Wildman–Crippen LogP) is 3.99. The molecule has 0 saturated heterocycles. The molecule has 0 saturated carbocycles. The van der Waals surface area contributed by atoms with Gasteiger partial charge in [0.2, 0.25) is 0 Å². The highest BCUT2D eigenvalue weighted by Gasteiger charge is 2.15. The fraction of sp³-hybridized carbons (Fsp3) is 0. The molecule has 108 valence electrons. The highest BCUT2D eigenvalue weighted by atomic mass is 35.5. The first-order valence-corrected chi connectivity index (χ1v) is 6.98. The lowest BCUT2D eigenvalue weighted by Crippen LogP contribution is -2.13. The molecule has 3 rings (SSSR count). The maximum atomic E-state index is 12.4. The summed E-state index contributed by atoms with van der Waals surface area (Å²) < 4.78 is 0. The first kappa shape index (κ1) is 14.4. The number of hydrogen-bond donors (Lipinski definition) is 2. The Kier molecular flexibility index (Phi) is 3.72. The van der Waals surface area contributed by atoms with Gasteiger partial charge >= 0.3 is 0 Å². The van der Waals surface area contributed by atoms with Crippen LogP contribution in [0.5, 0.6) is 0 Å². The van der Waals surface area contributed by atoms with Crippen LogP contribution in [-0.4, -0.2) is 15.9 Å². The van der Waals surface area contributed by atoms with Crippen molar-refractivity contribution >= 4 is 45.8 Å². The van der Waals surface area contributed by atoms with Crippen LogP contribution in [0.15, 0.2) is 36.7 Å². The largest absolute Gasteiger partial charge is 0.346 e. The van der Waals surface area contributed by atoms with E-state index in [4.69, 9.17) is 28.5 Å². The molecule has 0 atom stereocenters. The second-order valence-corrected chi connectivity index (χ2v) is 5.29. The van der Waals surface area contributed by atoms with Gasteiger partial charge < -0.3 is 10.3 Å². The minimum atomic E-state index is -0.361. The molecular weight excluding hydrogens is 323 g/mol. The Morgan fingerprint density at radius 2 is 2.00 bits per heavy atom. The van der Waals surface area contributed by atoms with E-state index in [0.29, 0.717) is 22.2 Å². The second-order valence-electron chi connectivity index (χ2n) is 4.48. The van der Waals surface area contributed by atoms with Gasteiger partial charge in [-0.3, -0.25) is 4.79 Å². The minimum absolute atomic E-state index is 0.205. The lowest BCUT2D eigenvalue weighted by Gasteiger charge is -2.10. The van der Waals surface area contributed by atoms with Crippen molar-refractivity contribution in [2.45, 2.75) is 0 Å². The van der Waals surface area contributed by atoms with E-state index in [9.17, 15) is 4.79 Å². The maximum absolute atomic E-state index is 12.4. The monoisotopic (exact) mass is 330 g/mol. The number of aromatic amines is 1. The molecule has 0 spiro atoms. The molecule has 2 aromatic heterocycles. The van der Waals surface area contributed by atoms with Crippen LogP contribution in [-0.2, 0) is 0 Å². The maximum Gasteiger partial charge on any atom is 0.256 e. The van der Waals surface area contributed by atoms with E-state index < -0.39 is 0 Å². The van der Waals surface area contributed by atoms with Crippen molar-refractivity contribution in [1.82, 2.24) is 9.97 Å². The van der Waals surface area contributed by atoms with Crippen LogP contribution in [0.4, 0.5) is 5.69 Å². The Labute approximate surface area is 135 Å². The van der Waals surface area contributed by atoms with Crippen LogP contribution in [0.25, 0.3) is 11.0 Å². The molecule has 0 fully saturated rings. The van der Waals surface area contributed by atoms with Crippen molar-refractivity contribution in [3.05, 3.63) is 57.8 Å². The number of fused-ring (bicyclic) bond motifs is 1. The van der Waals surface area contributed by atoms with Crippen LogP contribution in [0, 0.1) is 11.3 Å². The topological polar surface area (TPSA) is 81.6 Å². The summed E-state index contributed by atoms with van der Waals surface area (Å²) in [7, 11) is 0. The van der Waals surface area contributed by atoms with Gasteiger partial charge in [-0.2, -0.15) is 5.26 Å². The van der Waals surface area contributed by atoms with Gasteiger partial charge in [0.1, 0.15) is 5.65 Å². The third-order valence-electron chi connectivity index (χ3n) is 3.11. The number of nitriles is 1. The summed E-state index contributed by atoms with van der Waals surface area (Å²) in [5.41, 5.74) is 1.66. The van der Waals surface area contributed by atoms with Crippen LogP contribution < -0.4 is 5.32 Å². The van der Waals surface area contributed by atoms with Crippen molar-refractivity contribution in [2.75, 3.05) is 5.32 Å². The Morgan fingerprint density at radius 3 is 2.68 bits per heavy atom. The van der Waals surface area contributed by atoms with Crippen LogP contribution in [0.1, 0.15) is 15.9 Å². The van der Waals surface area contributed by atoms with Crippen molar-refractivity contribution < 1.29 is 4.79 Å². The summed E-state index contributed by atoms with van der Waals surface area (Å²) in [6, 6.07) is 8.21. The fourth-order valence-electron chi connectivity index (χ4n) is 2.10. The SMILES string of the molecule is N#Cc1cc(Cl)c(NC(=O)c2ccnc3[nH]ccc23)c(Cl)c1. The van der Waals surface area contributed by atoms with Crippen molar-refractivity contribution in [3.8, 4) is 6.07 Å². The number of halogens is 2. The molecule has 5 nitrogen and oxygen atoms in total. The third kappa shape index (κ3) is 2.50. The summed E-state index contributed by atoms with van der Waals surface area (Å²) in [6.07, 6.45) is 3.24. The number of nitrogens with zero attached hydrogens (tertiary/aromatic N) is 2. The minimum Gasteiger partial charge on any atom is -0.346 e. The molecule has 0 radical (unpaired) electrons. The number of anilines is 1. The Morgan fingerprint density at radius 1 is 1.27 bits per heavy atom. The molecule has 2 N–H and O–H groups in total. The smallest absolute Gasteiger partial charge is 0.256 e. The molecule has 1 amide bonds. The van der Waals surface area contributed by atoms with Gasteiger partial charge in [-0.1, -0.05) is 23.2 Å². The van der Waals surface area contributed by atoms with Crippen molar-refractivity contribution in [1.29, 1.82) is 5.26 Å². The molecule has 7 heteroatoms. The van der Waals surface area contributed by atoms with Gasteiger partial charge in [0.05, 0.1) is 32.9 Å². The average Bonchev–Trinajstić information content (AvgIpc) is 2.98. The van der Waals surface area contributed by atoms with Gasteiger partial charge in [0.25, 0.3) is 5.91 Å². The summed E-state index contributed by atoms with van der Waals surface area (Å²) >= 11 is 12.1. The Balaban J connectivity index is 1.99. The highest BCUT2D eigenvalue weighted by Crippen LogP contribution is 2.32. The van der Waals surface area contributed by atoms with Gasteiger partial charge in [0.15, 0.2) is 0 Å². The molecule has 0 aliphatic carbocycles. The van der Waals surface area contributed by atoms with Gasteiger partial charge in [0, 0.05) is 17.8 Å². The van der Waals surface area contributed by atoms with Crippen LogP contribution in [0.3, 0.4) is 0 Å². The van der Waals surface area contributed by atoms with E-state index in [-0.39, 0.29) is 21.6 Å². The lowest BCUT2D eigenvalue weighted by molar-refractivity contribution is 0.102. The summed E-state index contributed by atoms with van der Waals surface area (Å²) in [4.78, 5) is 19.5. The number of H-pyrrole nitrogens is 1. The number of benzene rings is 1. The van der Waals surface area contributed by atoms with Crippen LogP contribution >= 0.6 is 23.2 Å². The first-order chi connectivity index (χ1) is 10.6. The predicted molar refractivity (Wildman–Crippen MR) is 85.2 cm³/mol. The zero-order chi connectivity index (χ0) is 15.7. The number of carbonyl (C=O) groups is 1. The molecular formula is C15H8Cl2N4O. The van der Waals surface area contributed by atoms with E-state index in [1.807, 2.05) is 6.07 Å². The number of hydrogen-bond acceptors (Lipinski definition) is 3. The standard InChI is InChI=1S/C15H8Cl2N4O/c16-11-5-8(7-18)6-12(17)13(11)21-15(22)10-2-4-20-14-9(10)1-3-19-14/h1-6H,(H,19,20)(H,21,22). The normalized spacial score (nSPS) is 10.4. The molecule has 0 aliphatic rings. The zero-order valence-electron chi connectivity index (χ0n) is 11.0. The summed E-state index contributed by atoms with van der Waals surface area (Å²) in [5, 5.41) is 12.6. The molecule has 1 aromatic carbocycles.